The fourth-order valence-electron chi connectivity index (χ4n) is 1.80. The molecule has 0 atom stereocenters. The first-order valence-electron chi connectivity index (χ1n) is 6.05. The molecular formula is C14H16N2O4. The second kappa shape index (κ2) is 5.64. The number of ether oxygens (including phenoxy) is 2. The Morgan fingerprint density at radius 2 is 2.10 bits per heavy atom. The number of aryl methyl sites for hydroxylation is 2. The number of carbonyl (C=O) groups is 1. The normalized spacial score (nSPS) is 10.3. The zero-order valence-corrected chi connectivity index (χ0v) is 11.6. The van der Waals surface area contributed by atoms with Gasteiger partial charge in [-0.3, -0.25) is 4.79 Å². The van der Waals surface area contributed by atoms with Crippen molar-refractivity contribution in [1.29, 1.82) is 0 Å². The minimum atomic E-state index is -0.513. The maximum Gasteiger partial charge on any atom is 0.248 e. The van der Waals surface area contributed by atoms with Gasteiger partial charge in [0.2, 0.25) is 5.91 Å². The van der Waals surface area contributed by atoms with Crippen LogP contribution in [0, 0.1) is 13.8 Å². The van der Waals surface area contributed by atoms with Crippen LogP contribution < -0.4 is 15.2 Å². The number of hydrogen-bond acceptors (Lipinski definition) is 5. The van der Waals surface area contributed by atoms with Crippen LogP contribution in [-0.4, -0.2) is 18.2 Å². The molecule has 0 spiro atoms. The van der Waals surface area contributed by atoms with Crippen LogP contribution in [-0.2, 0) is 6.61 Å². The highest BCUT2D eigenvalue weighted by Gasteiger charge is 2.13. The summed E-state index contributed by atoms with van der Waals surface area (Å²) >= 11 is 0. The number of carbonyl (C=O) groups excluding carboxylic acids is 1. The number of aromatic nitrogens is 1. The lowest BCUT2D eigenvalue weighted by Crippen LogP contribution is -2.11. The molecule has 0 aliphatic rings. The van der Waals surface area contributed by atoms with Gasteiger partial charge in [-0.15, -0.1) is 0 Å². The van der Waals surface area contributed by atoms with Crippen LogP contribution in [0.15, 0.2) is 22.7 Å². The topological polar surface area (TPSA) is 87.6 Å². The molecular weight excluding hydrogens is 260 g/mol. The van der Waals surface area contributed by atoms with Crippen LogP contribution in [0.3, 0.4) is 0 Å². The van der Waals surface area contributed by atoms with Gasteiger partial charge in [0.25, 0.3) is 0 Å². The Kier molecular flexibility index (Phi) is 3.93. The summed E-state index contributed by atoms with van der Waals surface area (Å²) in [5.74, 6) is 1.18. The van der Waals surface area contributed by atoms with E-state index in [2.05, 4.69) is 5.16 Å². The van der Waals surface area contributed by atoms with E-state index in [9.17, 15) is 4.79 Å². The number of methoxy groups -OCH3 is 1. The Bertz CT molecular complexity index is 615. The van der Waals surface area contributed by atoms with Gasteiger partial charge in [-0.1, -0.05) is 5.16 Å². The molecule has 1 heterocycles. The molecule has 6 nitrogen and oxygen atoms in total. The van der Waals surface area contributed by atoms with Crippen molar-refractivity contribution in [3.63, 3.8) is 0 Å². The van der Waals surface area contributed by atoms with Gasteiger partial charge in [-0.25, -0.2) is 0 Å². The summed E-state index contributed by atoms with van der Waals surface area (Å²) in [5.41, 5.74) is 7.27. The van der Waals surface area contributed by atoms with E-state index in [4.69, 9.17) is 19.7 Å². The van der Waals surface area contributed by atoms with Crippen molar-refractivity contribution in [2.75, 3.05) is 7.11 Å². The summed E-state index contributed by atoms with van der Waals surface area (Å²) in [4.78, 5) is 11.1. The number of nitrogens with two attached hydrogens (primary N) is 1. The van der Waals surface area contributed by atoms with Crippen molar-refractivity contribution in [3.8, 4) is 11.5 Å². The second-order valence-corrected chi connectivity index (χ2v) is 4.32. The van der Waals surface area contributed by atoms with E-state index in [1.165, 1.54) is 7.11 Å². The van der Waals surface area contributed by atoms with Gasteiger partial charge >= 0.3 is 0 Å². The van der Waals surface area contributed by atoms with Crippen LogP contribution in [0.5, 0.6) is 11.5 Å². The number of hydrogen-bond donors (Lipinski definition) is 1. The third-order valence-electron chi connectivity index (χ3n) is 3.00. The Morgan fingerprint density at radius 3 is 2.65 bits per heavy atom. The summed E-state index contributed by atoms with van der Waals surface area (Å²) in [6, 6.07) is 4.79. The van der Waals surface area contributed by atoms with E-state index in [1.54, 1.807) is 18.2 Å². The first kappa shape index (κ1) is 13.9. The van der Waals surface area contributed by atoms with Gasteiger partial charge in [0.05, 0.1) is 18.4 Å². The highest BCUT2D eigenvalue weighted by Crippen LogP contribution is 2.29. The molecule has 0 saturated carbocycles. The fraction of sp³-hybridized carbons (Fsp3) is 0.286. The predicted octanol–water partition coefficient (Wildman–Crippen LogP) is 1.98. The number of primary amides is 1. The van der Waals surface area contributed by atoms with Gasteiger partial charge in [0, 0.05) is 5.56 Å². The molecule has 20 heavy (non-hydrogen) atoms. The predicted molar refractivity (Wildman–Crippen MR) is 71.8 cm³/mol. The molecule has 0 bridgehead atoms. The minimum Gasteiger partial charge on any atom is -0.493 e. The van der Waals surface area contributed by atoms with E-state index in [1.807, 2.05) is 13.8 Å². The largest absolute Gasteiger partial charge is 0.493 e. The minimum absolute atomic E-state index is 0.313. The molecule has 0 fully saturated rings. The van der Waals surface area contributed by atoms with Gasteiger partial charge in [0.1, 0.15) is 12.4 Å². The van der Waals surface area contributed by atoms with E-state index >= 15 is 0 Å². The maximum absolute atomic E-state index is 11.1. The molecule has 0 radical (unpaired) electrons. The van der Waals surface area contributed by atoms with Crippen LogP contribution in [0.1, 0.15) is 27.4 Å². The Hall–Kier alpha value is -2.50. The highest BCUT2D eigenvalue weighted by atomic mass is 16.5. The SMILES string of the molecule is COc1cc(C(N)=O)ccc1OCc1c(C)noc1C. The van der Waals surface area contributed by atoms with Gasteiger partial charge in [-0.2, -0.15) is 0 Å². The Balaban J connectivity index is 2.19. The molecule has 2 rings (SSSR count). The Morgan fingerprint density at radius 1 is 1.35 bits per heavy atom. The Labute approximate surface area is 116 Å². The summed E-state index contributed by atoms with van der Waals surface area (Å²) in [5, 5.41) is 3.86. The zero-order chi connectivity index (χ0) is 14.7. The van der Waals surface area contributed by atoms with Crippen molar-refractivity contribution in [2.45, 2.75) is 20.5 Å². The molecule has 106 valence electrons. The highest BCUT2D eigenvalue weighted by molar-refractivity contribution is 5.93. The molecule has 0 aliphatic carbocycles. The molecule has 6 heteroatoms. The average molecular weight is 276 g/mol. The molecule has 1 amide bonds. The first-order chi connectivity index (χ1) is 9.52. The third kappa shape index (κ3) is 2.74. The van der Waals surface area contributed by atoms with Crippen molar-refractivity contribution in [1.82, 2.24) is 5.16 Å². The first-order valence-corrected chi connectivity index (χ1v) is 6.05. The lowest BCUT2D eigenvalue weighted by molar-refractivity contribution is 0.1000. The summed E-state index contributed by atoms with van der Waals surface area (Å²) in [6.07, 6.45) is 0. The summed E-state index contributed by atoms with van der Waals surface area (Å²) in [7, 11) is 1.50. The lowest BCUT2D eigenvalue weighted by atomic mass is 10.2. The molecule has 0 unspecified atom stereocenters. The lowest BCUT2D eigenvalue weighted by Gasteiger charge is -2.11. The maximum atomic E-state index is 11.1. The molecule has 2 aromatic rings. The third-order valence-corrected chi connectivity index (χ3v) is 3.00. The van der Waals surface area contributed by atoms with Gasteiger partial charge < -0.3 is 19.7 Å². The van der Waals surface area contributed by atoms with Crippen LogP contribution in [0.2, 0.25) is 0 Å². The number of benzene rings is 1. The molecule has 1 aromatic carbocycles. The van der Waals surface area contributed by atoms with E-state index in [-0.39, 0.29) is 0 Å². The van der Waals surface area contributed by atoms with Crippen molar-refractivity contribution >= 4 is 5.91 Å². The quantitative estimate of drug-likeness (QED) is 0.902. The van der Waals surface area contributed by atoms with Gasteiger partial charge in [-0.05, 0) is 32.0 Å². The standard InChI is InChI=1S/C14H16N2O4/c1-8-11(9(2)20-16-8)7-19-12-5-4-10(14(15)17)6-13(12)18-3/h4-6H,7H2,1-3H3,(H2,15,17). The van der Waals surface area contributed by atoms with Crippen LogP contribution >= 0.6 is 0 Å². The number of rotatable bonds is 5. The zero-order valence-electron chi connectivity index (χ0n) is 11.6. The summed E-state index contributed by atoms with van der Waals surface area (Å²) in [6.45, 7) is 3.99. The smallest absolute Gasteiger partial charge is 0.248 e. The van der Waals surface area contributed by atoms with Crippen molar-refractivity contribution < 1.29 is 18.8 Å². The second-order valence-electron chi connectivity index (χ2n) is 4.32. The molecule has 1 aromatic heterocycles. The van der Waals surface area contributed by atoms with Crippen molar-refractivity contribution in [2.24, 2.45) is 5.73 Å². The van der Waals surface area contributed by atoms with Crippen LogP contribution in [0.4, 0.5) is 0 Å². The van der Waals surface area contributed by atoms with E-state index in [0.717, 1.165) is 17.0 Å². The number of amides is 1. The number of nitrogens with zero attached hydrogens (tertiary/aromatic N) is 1. The monoisotopic (exact) mass is 276 g/mol. The molecule has 0 saturated heterocycles. The average Bonchev–Trinajstić information content (AvgIpc) is 2.75. The van der Waals surface area contributed by atoms with Crippen molar-refractivity contribution in [3.05, 3.63) is 40.8 Å². The summed E-state index contributed by atoms with van der Waals surface area (Å²) < 4.78 is 16.0. The molecule has 0 aliphatic heterocycles. The van der Waals surface area contributed by atoms with E-state index < -0.39 is 5.91 Å². The molecule has 2 N–H and O–H groups in total. The fourth-order valence-corrected chi connectivity index (χ4v) is 1.80. The van der Waals surface area contributed by atoms with Crippen LogP contribution in [0.25, 0.3) is 0 Å². The van der Waals surface area contributed by atoms with E-state index in [0.29, 0.717) is 23.7 Å². The van der Waals surface area contributed by atoms with Gasteiger partial charge in [0.15, 0.2) is 11.5 Å².